The van der Waals surface area contributed by atoms with Crippen LogP contribution in [0.4, 0.5) is 4.79 Å². The fraction of sp³-hybridized carbons (Fsp3) is 0.261. The molecule has 1 aliphatic heterocycles. The van der Waals surface area contributed by atoms with Crippen LogP contribution in [-0.2, 0) is 9.53 Å². The van der Waals surface area contributed by atoms with Crippen LogP contribution in [0.3, 0.4) is 0 Å². The van der Waals surface area contributed by atoms with Crippen molar-refractivity contribution in [2.45, 2.75) is 25.3 Å². The van der Waals surface area contributed by atoms with Crippen molar-refractivity contribution in [3.8, 4) is 22.8 Å². The molecule has 1 fully saturated rings. The maximum Gasteiger partial charge on any atom is 0.412 e. The molecule has 1 aromatic carbocycles. The van der Waals surface area contributed by atoms with Crippen LogP contribution in [0.1, 0.15) is 29.8 Å². The van der Waals surface area contributed by atoms with Crippen molar-refractivity contribution in [2.24, 2.45) is 5.73 Å². The first-order valence-corrected chi connectivity index (χ1v) is 10.5. The highest BCUT2D eigenvalue weighted by Crippen LogP contribution is 2.27. The third-order valence-electron chi connectivity index (χ3n) is 5.41. The summed E-state index contributed by atoms with van der Waals surface area (Å²) in [7, 11) is 1.53. The number of hydrogen-bond acceptors (Lipinski definition) is 7. The van der Waals surface area contributed by atoms with Gasteiger partial charge in [0.2, 0.25) is 5.88 Å². The zero-order valence-corrected chi connectivity index (χ0v) is 18.0. The number of methoxy groups -OCH3 is 1. The minimum Gasteiger partial charge on any atom is -0.481 e. The molecule has 1 aliphatic rings. The number of carbonyl (C=O) groups excluding carboxylic acids is 3. The van der Waals surface area contributed by atoms with E-state index in [0.29, 0.717) is 30.2 Å². The lowest BCUT2D eigenvalue weighted by Gasteiger charge is -2.33. The van der Waals surface area contributed by atoms with Crippen LogP contribution in [-0.4, -0.2) is 57.3 Å². The van der Waals surface area contributed by atoms with Crippen molar-refractivity contribution in [1.82, 2.24) is 19.7 Å². The zero-order valence-electron chi connectivity index (χ0n) is 18.0. The van der Waals surface area contributed by atoms with Gasteiger partial charge in [-0.3, -0.25) is 4.79 Å². The number of aromatic nitrogens is 3. The van der Waals surface area contributed by atoms with E-state index in [4.69, 9.17) is 10.5 Å². The van der Waals surface area contributed by atoms with E-state index in [-0.39, 0.29) is 5.69 Å². The number of likely N-dealkylation sites (tertiary alicyclic amines) is 1. The highest BCUT2D eigenvalue weighted by atomic mass is 16.6. The number of esters is 1. The fourth-order valence-corrected chi connectivity index (χ4v) is 3.85. The second-order valence-electron chi connectivity index (χ2n) is 7.50. The molecule has 2 amide bonds. The number of benzene rings is 1. The third-order valence-corrected chi connectivity index (χ3v) is 5.41. The number of amides is 2. The van der Waals surface area contributed by atoms with E-state index in [1.54, 1.807) is 29.1 Å². The van der Waals surface area contributed by atoms with Crippen LogP contribution in [0.2, 0.25) is 0 Å². The van der Waals surface area contributed by atoms with Crippen LogP contribution in [0.15, 0.2) is 54.7 Å². The van der Waals surface area contributed by atoms with Crippen molar-refractivity contribution in [2.75, 3.05) is 13.7 Å². The number of carbonyl (C=O) groups is 3. The Kier molecular flexibility index (Phi) is 6.34. The number of nitrogens with two attached hydrogens (primary N) is 1. The van der Waals surface area contributed by atoms with E-state index >= 15 is 0 Å². The number of nitrogens with zero attached hydrogens (tertiary/aromatic N) is 4. The molecular formula is C23H23N5O5. The number of ether oxygens (including phenoxy) is 2. The fourth-order valence-electron chi connectivity index (χ4n) is 3.85. The first kappa shape index (κ1) is 22.0. The summed E-state index contributed by atoms with van der Waals surface area (Å²) in [5.74, 6) is -0.816. The SMILES string of the molecule is COc1ccc(-n2nc(C(=O)N3CCCCC3C(=O)OC(N)=O)cc2-c2ccccc2)cn1. The molecule has 0 aliphatic carbocycles. The topological polar surface area (TPSA) is 130 Å². The Hall–Kier alpha value is -4.21. The molecule has 3 heterocycles. The standard InChI is InChI=1S/C23H23N5O5/c1-32-20-11-10-16(14-25-20)28-19(15-7-3-2-4-8-15)13-17(26-28)21(29)27-12-6-5-9-18(27)22(30)33-23(24)31/h2-4,7-8,10-11,13-14,18H,5-6,9,12H2,1H3,(H2,24,31). The maximum atomic E-state index is 13.4. The van der Waals surface area contributed by atoms with E-state index in [1.165, 1.54) is 12.0 Å². The van der Waals surface area contributed by atoms with Gasteiger partial charge < -0.3 is 20.1 Å². The third kappa shape index (κ3) is 4.69. The molecule has 2 aromatic heterocycles. The predicted octanol–water partition coefficient (Wildman–Crippen LogP) is 2.56. The minimum atomic E-state index is -1.19. The van der Waals surface area contributed by atoms with Crippen LogP contribution in [0, 0.1) is 0 Å². The van der Waals surface area contributed by atoms with Crippen molar-refractivity contribution >= 4 is 18.0 Å². The molecule has 10 heteroatoms. The molecule has 1 unspecified atom stereocenters. The van der Waals surface area contributed by atoms with Crippen molar-refractivity contribution in [3.05, 3.63) is 60.4 Å². The lowest BCUT2D eigenvalue weighted by Crippen LogP contribution is -2.49. The molecular weight excluding hydrogens is 426 g/mol. The Labute approximate surface area is 189 Å². The quantitative estimate of drug-likeness (QED) is 0.468. The Morgan fingerprint density at radius 1 is 1.09 bits per heavy atom. The highest BCUT2D eigenvalue weighted by molar-refractivity contribution is 5.97. The molecule has 0 spiro atoms. The molecule has 10 nitrogen and oxygen atoms in total. The second-order valence-corrected chi connectivity index (χ2v) is 7.50. The summed E-state index contributed by atoms with van der Waals surface area (Å²) in [6, 6.07) is 13.8. The van der Waals surface area contributed by atoms with E-state index < -0.39 is 24.0 Å². The summed E-state index contributed by atoms with van der Waals surface area (Å²) < 4.78 is 11.3. The normalized spacial score (nSPS) is 15.7. The van der Waals surface area contributed by atoms with Gasteiger partial charge in [-0.1, -0.05) is 30.3 Å². The van der Waals surface area contributed by atoms with Gasteiger partial charge in [-0.05, 0) is 31.4 Å². The van der Waals surface area contributed by atoms with Gasteiger partial charge in [0.1, 0.15) is 6.04 Å². The Morgan fingerprint density at radius 3 is 2.55 bits per heavy atom. The lowest BCUT2D eigenvalue weighted by atomic mass is 10.0. The van der Waals surface area contributed by atoms with Crippen molar-refractivity contribution < 1.29 is 23.9 Å². The summed E-state index contributed by atoms with van der Waals surface area (Å²) >= 11 is 0. The minimum absolute atomic E-state index is 0.156. The molecule has 4 rings (SSSR count). The number of rotatable bonds is 5. The molecule has 2 N–H and O–H groups in total. The molecule has 170 valence electrons. The average Bonchev–Trinajstić information content (AvgIpc) is 3.29. The number of pyridine rings is 1. The maximum absolute atomic E-state index is 13.4. The van der Waals surface area contributed by atoms with Gasteiger partial charge in [0, 0.05) is 18.2 Å². The van der Waals surface area contributed by atoms with Crippen molar-refractivity contribution in [3.63, 3.8) is 0 Å². The van der Waals surface area contributed by atoms with Gasteiger partial charge in [0.05, 0.1) is 24.7 Å². The highest BCUT2D eigenvalue weighted by Gasteiger charge is 2.36. The molecule has 3 aromatic rings. The Balaban J connectivity index is 1.72. The van der Waals surface area contributed by atoms with E-state index in [2.05, 4.69) is 14.8 Å². The number of hydrogen-bond donors (Lipinski definition) is 1. The van der Waals surface area contributed by atoms with Crippen LogP contribution in [0.25, 0.3) is 16.9 Å². The summed E-state index contributed by atoms with van der Waals surface area (Å²) in [4.78, 5) is 42.5. The van der Waals surface area contributed by atoms with E-state index in [9.17, 15) is 14.4 Å². The Bertz CT molecular complexity index is 1160. The number of piperidine rings is 1. The van der Waals surface area contributed by atoms with Crippen LogP contribution < -0.4 is 10.5 Å². The Morgan fingerprint density at radius 2 is 1.88 bits per heavy atom. The molecule has 1 atom stereocenters. The van der Waals surface area contributed by atoms with Crippen LogP contribution >= 0.6 is 0 Å². The smallest absolute Gasteiger partial charge is 0.412 e. The average molecular weight is 449 g/mol. The summed E-state index contributed by atoms with van der Waals surface area (Å²) in [5, 5.41) is 4.54. The molecule has 1 saturated heterocycles. The second kappa shape index (κ2) is 9.51. The summed E-state index contributed by atoms with van der Waals surface area (Å²) in [6.45, 7) is 0.342. The molecule has 0 radical (unpaired) electrons. The number of primary amides is 1. The van der Waals surface area contributed by atoms with E-state index in [1.807, 2.05) is 30.3 Å². The van der Waals surface area contributed by atoms with Crippen molar-refractivity contribution in [1.29, 1.82) is 0 Å². The van der Waals surface area contributed by atoms with Gasteiger partial charge >= 0.3 is 12.1 Å². The summed E-state index contributed by atoms with van der Waals surface area (Å²) in [5.41, 5.74) is 7.31. The molecule has 33 heavy (non-hydrogen) atoms. The largest absolute Gasteiger partial charge is 0.481 e. The molecule has 0 bridgehead atoms. The van der Waals surface area contributed by atoms with Gasteiger partial charge in [0.25, 0.3) is 5.91 Å². The monoisotopic (exact) mass is 449 g/mol. The van der Waals surface area contributed by atoms with Gasteiger partial charge in [0.15, 0.2) is 5.69 Å². The van der Waals surface area contributed by atoms with Gasteiger partial charge in [-0.25, -0.2) is 19.3 Å². The van der Waals surface area contributed by atoms with Crippen LogP contribution in [0.5, 0.6) is 5.88 Å². The molecule has 0 saturated carbocycles. The summed E-state index contributed by atoms with van der Waals surface area (Å²) in [6.07, 6.45) is 2.23. The lowest BCUT2D eigenvalue weighted by molar-refractivity contribution is -0.143. The zero-order chi connectivity index (χ0) is 23.4. The predicted molar refractivity (Wildman–Crippen MR) is 118 cm³/mol. The van der Waals surface area contributed by atoms with Gasteiger partial charge in [-0.15, -0.1) is 0 Å². The first-order valence-electron chi connectivity index (χ1n) is 10.5. The van der Waals surface area contributed by atoms with Gasteiger partial charge in [-0.2, -0.15) is 5.10 Å². The first-order chi connectivity index (χ1) is 16.0. The van der Waals surface area contributed by atoms with E-state index in [0.717, 1.165) is 18.4 Å².